The lowest BCUT2D eigenvalue weighted by atomic mass is 9.99. The minimum Gasteiger partial charge on any atom is -0.350 e. The molecule has 1 aliphatic heterocycles. The van der Waals surface area contributed by atoms with Gasteiger partial charge in [0.2, 0.25) is 5.95 Å². The van der Waals surface area contributed by atoms with Gasteiger partial charge in [0, 0.05) is 13.1 Å². The summed E-state index contributed by atoms with van der Waals surface area (Å²) in [5, 5.41) is 7.74. The van der Waals surface area contributed by atoms with Crippen LogP contribution in [0.3, 0.4) is 0 Å². The Labute approximate surface area is 201 Å². The number of aromatic nitrogens is 4. The highest BCUT2D eigenvalue weighted by atomic mass is 35.5. The first kappa shape index (κ1) is 22.1. The summed E-state index contributed by atoms with van der Waals surface area (Å²) in [6.07, 6.45) is 3.95. The van der Waals surface area contributed by atoms with Crippen molar-refractivity contribution >= 4 is 40.3 Å². The average molecular weight is 485 g/mol. The Morgan fingerprint density at radius 1 is 1.12 bits per heavy atom. The Hall–Kier alpha value is -2.74. The lowest BCUT2D eigenvalue weighted by molar-refractivity contribution is 0.341. The van der Waals surface area contributed by atoms with Crippen molar-refractivity contribution in [2.24, 2.45) is 5.92 Å². The zero-order valence-corrected chi connectivity index (χ0v) is 19.4. The van der Waals surface area contributed by atoms with Gasteiger partial charge in [-0.25, -0.2) is 14.4 Å². The molecule has 33 heavy (non-hydrogen) atoms. The zero-order chi connectivity index (χ0) is 22.8. The topological polar surface area (TPSA) is 67.7 Å². The molecular weight excluding hydrogens is 462 g/mol. The van der Waals surface area contributed by atoms with E-state index in [1.807, 2.05) is 24.3 Å². The molecule has 0 saturated carbocycles. The Balaban J connectivity index is 1.54. The highest BCUT2D eigenvalue weighted by molar-refractivity contribution is 6.39. The van der Waals surface area contributed by atoms with Gasteiger partial charge in [-0.15, -0.1) is 0 Å². The first-order valence-electron chi connectivity index (χ1n) is 10.9. The van der Waals surface area contributed by atoms with Gasteiger partial charge in [0.1, 0.15) is 17.2 Å². The summed E-state index contributed by atoms with van der Waals surface area (Å²) in [4.78, 5) is 14.0. The number of rotatable bonds is 6. The average Bonchev–Trinajstić information content (AvgIpc) is 3.15. The molecule has 4 aromatic rings. The molecule has 1 fully saturated rings. The second kappa shape index (κ2) is 9.63. The molecule has 3 heterocycles. The number of benzene rings is 2. The standard InChI is InChI=1S/C24H23Cl2FN6/c25-18-7-2-8-19(26)21(18)23-31-20-13-30-24(29-12-15-4-1-6-17(27)10-15)32-22(20)33(23)14-16-5-3-9-28-11-16/h1-2,4,6-8,10,13,16,28H,3,5,9,11-12,14H2,(H,29,30,32). The van der Waals surface area contributed by atoms with Gasteiger partial charge in [-0.05, 0) is 61.7 Å². The van der Waals surface area contributed by atoms with Gasteiger partial charge >= 0.3 is 0 Å². The highest BCUT2D eigenvalue weighted by Crippen LogP contribution is 2.36. The predicted molar refractivity (Wildman–Crippen MR) is 130 cm³/mol. The van der Waals surface area contributed by atoms with Crippen molar-refractivity contribution in [2.45, 2.75) is 25.9 Å². The third-order valence-corrected chi connectivity index (χ3v) is 6.48. The maximum atomic E-state index is 13.5. The first-order valence-corrected chi connectivity index (χ1v) is 11.7. The number of imidazole rings is 1. The Morgan fingerprint density at radius 2 is 1.94 bits per heavy atom. The molecule has 5 rings (SSSR count). The number of nitrogens with zero attached hydrogens (tertiary/aromatic N) is 4. The third kappa shape index (κ3) is 4.81. The van der Waals surface area contributed by atoms with Crippen LogP contribution in [0.25, 0.3) is 22.6 Å². The maximum Gasteiger partial charge on any atom is 0.225 e. The van der Waals surface area contributed by atoms with Gasteiger partial charge in [-0.2, -0.15) is 4.98 Å². The number of halogens is 3. The van der Waals surface area contributed by atoms with E-state index in [2.05, 4.69) is 20.2 Å². The second-order valence-corrected chi connectivity index (χ2v) is 9.06. The molecule has 1 aliphatic rings. The van der Waals surface area contributed by atoms with Crippen molar-refractivity contribution in [3.05, 3.63) is 70.1 Å². The molecule has 0 amide bonds. The molecule has 1 saturated heterocycles. The van der Waals surface area contributed by atoms with Gasteiger partial charge in [-0.1, -0.05) is 41.4 Å². The fraction of sp³-hybridized carbons (Fsp3) is 0.292. The van der Waals surface area contributed by atoms with Gasteiger partial charge in [0.25, 0.3) is 0 Å². The first-order chi connectivity index (χ1) is 16.1. The van der Waals surface area contributed by atoms with E-state index in [0.717, 1.165) is 38.0 Å². The van der Waals surface area contributed by atoms with Gasteiger partial charge in [0.05, 0.1) is 21.8 Å². The molecule has 2 aromatic heterocycles. The smallest absolute Gasteiger partial charge is 0.225 e. The molecule has 0 spiro atoms. The van der Waals surface area contributed by atoms with Gasteiger partial charge < -0.3 is 15.2 Å². The van der Waals surface area contributed by atoms with Crippen molar-refractivity contribution in [2.75, 3.05) is 18.4 Å². The van der Waals surface area contributed by atoms with Crippen LogP contribution in [-0.2, 0) is 13.1 Å². The van der Waals surface area contributed by atoms with Crippen LogP contribution in [0.4, 0.5) is 10.3 Å². The summed E-state index contributed by atoms with van der Waals surface area (Å²) in [7, 11) is 0. The van der Waals surface area contributed by atoms with E-state index in [1.54, 1.807) is 12.3 Å². The summed E-state index contributed by atoms with van der Waals surface area (Å²) < 4.78 is 15.6. The number of hydrogen-bond acceptors (Lipinski definition) is 5. The number of hydrogen-bond donors (Lipinski definition) is 2. The van der Waals surface area contributed by atoms with Crippen LogP contribution in [0.15, 0.2) is 48.7 Å². The third-order valence-electron chi connectivity index (χ3n) is 5.85. The van der Waals surface area contributed by atoms with Crippen molar-refractivity contribution in [3.8, 4) is 11.4 Å². The number of anilines is 1. The fourth-order valence-corrected chi connectivity index (χ4v) is 4.81. The minimum absolute atomic E-state index is 0.272. The van der Waals surface area contributed by atoms with Crippen LogP contribution in [0.5, 0.6) is 0 Å². The van der Waals surface area contributed by atoms with Crippen LogP contribution in [0, 0.1) is 11.7 Å². The van der Waals surface area contributed by atoms with E-state index >= 15 is 0 Å². The normalized spacial score (nSPS) is 16.3. The monoisotopic (exact) mass is 484 g/mol. The highest BCUT2D eigenvalue weighted by Gasteiger charge is 2.23. The Kier molecular flexibility index (Phi) is 6.44. The number of piperidine rings is 1. The second-order valence-electron chi connectivity index (χ2n) is 8.24. The molecular formula is C24H23Cl2FN6. The quantitative estimate of drug-likeness (QED) is 0.375. The van der Waals surface area contributed by atoms with E-state index in [9.17, 15) is 4.39 Å². The van der Waals surface area contributed by atoms with Crippen LogP contribution in [-0.4, -0.2) is 32.6 Å². The van der Waals surface area contributed by atoms with Crippen molar-refractivity contribution in [1.82, 2.24) is 24.8 Å². The summed E-state index contributed by atoms with van der Waals surface area (Å²) in [6.45, 7) is 3.12. The summed E-state index contributed by atoms with van der Waals surface area (Å²) in [6, 6.07) is 11.9. The lowest BCUT2D eigenvalue weighted by Crippen LogP contribution is -2.32. The lowest BCUT2D eigenvalue weighted by Gasteiger charge is -2.24. The molecule has 9 heteroatoms. The fourth-order valence-electron chi connectivity index (χ4n) is 4.25. The van der Waals surface area contributed by atoms with Crippen LogP contribution in [0.2, 0.25) is 10.0 Å². The number of fused-ring (bicyclic) bond motifs is 1. The van der Waals surface area contributed by atoms with Crippen LogP contribution < -0.4 is 10.6 Å². The maximum absolute atomic E-state index is 13.5. The summed E-state index contributed by atoms with van der Waals surface area (Å²) in [5.74, 6) is 1.30. The molecule has 1 atom stereocenters. The molecule has 1 unspecified atom stereocenters. The van der Waals surface area contributed by atoms with E-state index in [0.29, 0.717) is 51.0 Å². The molecule has 2 aromatic carbocycles. The van der Waals surface area contributed by atoms with Crippen LogP contribution >= 0.6 is 23.2 Å². The molecule has 0 bridgehead atoms. The molecule has 0 radical (unpaired) electrons. The summed E-state index contributed by atoms with van der Waals surface area (Å²) >= 11 is 13.1. The van der Waals surface area contributed by atoms with Gasteiger partial charge in [0.15, 0.2) is 5.65 Å². The van der Waals surface area contributed by atoms with E-state index < -0.39 is 0 Å². The largest absolute Gasteiger partial charge is 0.350 e. The Bertz CT molecular complexity index is 1270. The molecule has 2 N–H and O–H groups in total. The predicted octanol–water partition coefficient (Wildman–Crippen LogP) is 5.55. The minimum atomic E-state index is -0.272. The van der Waals surface area contributed by atoms with E-state index in [4.69, 9.17) is 33.2 Å². The SMILES string of the molecule is Fc1cccc(CNc2ncc3nc(-c4c(Cl)cccc4Cl)n(CC4CCCNC4)c3n2)c1. The van der Waals surface area contributed by atoms with Crippen molar-refractivity contribution < 1.29 is 4.39 Å². The summed E-state index contributed by atoms with van der Waals surface area (Å²) in [5.41, 5.74) is 2.88. The van der Waals surface area contributed by atoms with E-state index in [1.165, 1.54) is 12.1 Å². The van der Waals surface area contributed by atoms with Crippen LogP contribution in [0.1, 0.15) is 18.4 Å². The Morgan fingerprint density at radius 3 is 2.70 bits per heavy atom. The van der Waals surface area contributed by atoms with Gasteiger partial charge in [-0.3, -0.25) is 0 Å². The van der Waals surface area contributed by atoms with E-state index in [-0.39, 0.29) is 5.82 Å². The number of nitrogens with one attached hydrogen (secondary N) is 2. The molecule has 6 nitrogen and oxygen atoms in total. The molecule has 170 valence electrons. The van der Waals surface area contributed by atoms with Crippen molar-refractivity contribution in [1.29, 1.82) is 0 Å². The molecule has 0 aliphatic carbocycles. The van der Waals surface area contributed by atoms with Crippen molar-refractivity contribution in [3.63, 3.8) is 0 Å². The zero-order valence-electron chi connectivity index (χ0n) is 17.9.